The molecular formula is C13H14N2O5S. The van der Waals surface area contributed by atoms with Crippen LogP contribution in [0.3, 0.4) is 0 Å². The molecule has 0 unspecified atom stereocenters. The smallest absolute Gasteiger partial charge is 0.414 e. The van der Waals surface area contributed by atoms with Crippen LogP contribution in [0.5, 0.6) is 0 Å². The fraction of sp³-hybridized carbons (Fsp3) is 0.308. The average Bonchev–Trinajstić information content (AvgIpc) is 2.85. The van der Waals surface area contributed by atoms with Gasteiger partial charge in [0.15, 0.2) is 0 Å². The average molecular weight is 310 g/mol. The highest BCUT2D eigenvalue weighted by atomic mass is 32.2. The molecule has 2 rings (SSSR count). The monoisotopic (exact) mass is 310 g/mol. The minimum atomic E-state index is -0.956. The van der Waals surface area contributed by atoms with Crippen molar-refractivity contribution < 1.29 is 24.2 Å². The van der Waals surface area contributed by atoms with Crippen LogP contribution in [-0.2, 0) is 14.3 Å². The molecule has 1 aliphatic heterocycles. The van der Waals surface area contributed by atoms with Gasteiger partial charge in [-0.05, 0) is 18.2 Å². The van der Waals surface area contributed by atoms with E-state index in [-0.39, 0.29) is 17.4 Å². The first-order valence-corrected chi connectivity index (χ1v) is 7.35. The summed E-state index contributed by atoms with van der Waals surface area (Å²) < 4.78 is 4.86. The van der Waals surface area contributed by atoms with Crippen molar-refractivity contribution in [1.82, 2.24) is 0 Å². The lowest BCUT2D eigenvalue weighted by molar-refractivity contribution is -0.133. The van der Waals surface area contributed by atoms with Crippen LogP contribution in [0.1, 0.15) is 0 Å². The number of nitrogens with one attached hydrogen (secondary N) is 1. The van der Waals surface area contributed by atoms with E-state index in [4.69, 9.17) is 9.84 Å². The van der Waals surface area contributed by atoms with Gasteiger partial charge in [0.05, 0.1) is 18.1 Å². The second-order valence-corrected chi connectivity index (χ2v) is 5.24. The van der Waals surface area contributed by atoms with Crippen LogP contribution in [0.25, 0.3) is 0 Å². The number of amides is 2. The van der Waals surface area contributed by atoms with Crippen molar-refractivity contribution in [3.05, 3.63) is 24.3 Å². The zero-order chi connectivity index (χ0) is 15.2. The van der Waals surface area contributed by atoms with Crippen molar-refractivity contribution >= 4 is 41.1 Å². The molecule has 1 fully saturated rings. The predicted octanol–water partition coefficient (Wildman–Crippen LogP) is 1.40. The summed E-state index contributed by atoms with van der Waals surface area (Å²) in [6.07, 6.45) is -0.407. The summed E-state index contributed by atoms with van der Waals surface area (Å²) in [6.45, 7) is 0.825. The lowest BCUT2D eigenvalue weighted by Crippen LogP contribution is -2.23. The normalized spacial score (nSPS) is 13.9. The van der Waals surface area contributed by atoms with Crippen molar-refractivity contribution in [3.63, 3.8) is 0 Å². The Labute approximate surface area is 125 Å². The molecule has 1 aliphatic rings. The molecule has 2 amide bonds. The van der Waals surface area contributed by atoms with Gasteiger partial charge in [0.25, 0.3) is 0 Å². The van der Waals surface area contributed by atoms with Crippen molar-refractivity contribution in [2.24, 2.45) is 0 Å². The van der Waals surface area contributed by atoms with Crippen LogP contribution in [-0.4, -0.2) is 47.7 Å². The molecule has 0 bridgehead atoms. The van der Waals surface area contributed by atoms with Gasteiger partial charge in [-0.1, -0.05) is 6.07 Å². The lowest BCUT2D eigenvalue weighted by atomic mass is 10.2. The Hall–Kier alpha value is -2.22. The van der Waals surface area contributed by atoms with E-state index in [0.717, 1.165) is 11.8 Å². The van der Waals surface area contributed by atoms with Gasteiger partial charge in [-0.2, -0.15) is 0 Å². The number of carbonyl (C=O) groups excluding carboxylic acids is 2. The number of rotatable bonds is 6. The minimum absolute atomic E-state index is 0.0578. The third-order valence-electron chi connectivity index (χ3n) is 2.66. The van der Waals surface area contributed by atoms with E-state index >= 15 is 0 Å². The number of aliphatic carboxylic acids is 1. The van der Waals surface area contributed by atoms with Crippen LogP contribution < -0.4 is 10.2 Å². The van der Waals surface area contributed by atoms with Crippen LogP contribution in [0, 0.1) is 0 Å². The summed E-state index contributed by atoms with van der Waals surface area (Å²) in [5, 5.41) is 11.2. The van der Waals surface area contributed by atoms with Crippen LogP contribution in [0.4, 0.5) is 16.2 Å². The molecular weight excluding hydrogens is 296 g/mol. The second-order valence-electron chi connectivity index (χ2n) is 4.25. The predicted molar refractivity (Wildman–Crippen MR) is 78.7 cm³/mol. The summed E-state index contributed by atoms with van der Waals surface area (Å²) in [5.74, 6) is -1.31. The molecule has 21 heavy (non-hydrogen) atoms. The number of nitrogens with zero attached hydrogens (tertiary/aromatic N) is 1. The highest BCUT2D eigenvalue weighted by Gasteiger charge is 2.23. The number of carboxylic acids is 1. The maximum absolute atomic E-state index is 11.7. The van der Waals surface area contributed by atoms with Crippen LogP contribution in [0.2, 0.25) is 0 Å². The van der Waals surface area contributed by atoms with E-state index in [2.05, 4.69) is 5.32 Å². The fourth-order valence-electron chi connectivity index (χ4n) is 1.81. The summed E-state index contributed by atoms with van der Waals surface area (Å²) in [4.78, 5) is 35.0. The topological polar surface area (TPSA) is 95.9 Å². The number of thioether (sulfide) groups is 1. The molecule has 112 valence electrons. The van der Waals surface area contributed by atoms with E-state index in [9.17, 15) is 14.4 Å². The minimum Gasteiger partial charge on any atom is -0.481 e. The molecule has 0 aliphatic carbocycles. The maximum Gasteiger partial charge on any atom is 0.414 e. The van der Waals surface area contributed by atoms with Crippen LogP contribution in [0.15, 0.2) is 24.3 Å². The summed E-state index contributed by atoms with van der Waals surface area (Å²) >= 11 is 1.02. The molecule has 1 aromatic carbocycles. The first-order valence-electron chi connectivity index (χ1n) is 6.20. The second kappa shape index (κ2) is 6.98. The zero-order valence-electron chi connectivity index (χ0n) is 11.1. The molecule has 0 saturated carbocycles. The van der Waals surface area contributed by atoms with Crippen molar-refractivity contribution in [2.75, 3.05) is 34.9 Å². The Balaban J connectivity index is 1.93. The molecule has 0 aromatic heterocycles. The molecule has 7 nitrogen and oxygen atoms in total. The molecule has 8 heteroatoms. The van der Waals surface area contributed by atoms with E-state index in [1.54, 1.807) is 24.3 Å². The maximum atomic E-state index is 11.7. The number of carboxylic acid groups (broad SMARTS) is 1. The lowest BCUT2D eigenvalue weighted by Gasteiger charge is -2.14. The molecule has 0 atom stereocenters. The largest absolute Gasteiger partial charge is 0.481 e. The fourth-order valence-corrected chi connectivity index (χ4v) is 2.34. The third-order valence-corrected chi connectivity index (χ3v) is 3.58. The van der Waals surface area contributed by atoms with Gasteiger partial charge >= 0.3 is 12.1 Å². The highest BCUT2D eigenvalue weighted by molar-refractivity contribution is 8.00. The van der Waals surface area contributed by atoms with Gasteiger partial charge in [0, 0.05) is 11.4 Å². The molecule has 0 spiro atoms. The Bertz CT molecular complexity index is 563. The summed E-state index contributed by atoms with van der Waals surface area (Å²) in [7, 11) is 0. The quantitative estimate of drug-likeness (QED) is 0.824. The van der Waals surface area contributed by atoms with Crippen molar-refractivity contribution in [1.29, 1.82) is 0 Å². The van der Waals surface area contributed by atoms with E-state index < -0.39 is 12.1 Å². The molecule has 2 N–H and O–H groups in total. The summed E-state index contributed by atoms with van der Waals surface area (Å²) in [6, 6.07) is 6.85. The van der Waals surface area contributed by atoms with Gasteiger partial charge in [0.2, 0.25) is 5.91 Å². The molecule has 1 aromatic rings. The number of carbonyl (C=O) groups is 3. The zero-order valence-corrected chi connectivity index (χ0v) is 11.9. The summed E-state index contributed by atoms with van der Waals surface area (Å²) in [5.41, 5.74) is 1.20. The first-order chi connectivity index (χ1) is 10.1. The van der Waals surface area contributed by atoms with E-state index in [1.807, 2.05) is 0 Å². The number of hydrogen-bond donors (Lipinski definition) is 2. The van der Waals surface area contributed by atoms with Crippen molar-refractivity contribution in [3.8, 4) is 0 Å². The Morgan fingerprint density at radius 3 is 2.86 bits per heavy atom. The van der Waals surface area contributed by atoms with Crippen molar-refractivity contribution in [2.45, 2.75) is 0 Å². The Morgan fingerprint density at radius 2 is 2.19 bits per heavy atom. The van der Waals surface area contributed by atoms with E-state index in [0.29, 0.717) is 24.5 Å². The number of benzene rings is 1. The Kier molecular flexibility index (Phi) is 5.04. The van der Waals surface area contributed by atoms with E-state index in [1.165, 1.54) is 4.90 Å². The van der Waals surface area contributed by atoms with Gasteiger partial charge < -0.3 is 15.2 Å². The molecule has 0 radical (unpaired) electrons. The standard InChI is InChI=1S/C13H14N2O5S/c16-11(7-21-8-12(17)18)14-9-2-1-3-10(6-9)15-4-5-20-13(15)19/h1-3,6H,4-5,7-8H2,(H,14,16)(H,17,18). The Morgan fingerprint density at radius 1 is 1.38 bits per heavy atom. The van der Waals surface area contributed by atoms with Gasteiger partial charge in [-0.15, -0.1) is 11.8 Å². The molecule has 1 saturated heterocycles. The number of ether oxygens (including phenoxy) is 1. The van der Waals surface area contributed by atoms with Gasteiger partial charge in [-0.25, -0.2) is 4.79 Å². The number of cyclic esters (lactones) is 1. The van der Waals surface area contributed by atoms with Gasteiger partial charge in [0.1, 0.15) is 6.61 Å². The number of anilines is 2. The van der Waals surface area contributed by atoms with Crippen LogP contribution >= 0.6 is 11.8 Å². The first kappa shape index (κ1) is 15.2. The number of hydrogen-bond acceptors (Lipinski definition) is 5. The third kappa shape index (κ3) is 4.38. The highest BCUT2D eigenvalue weighted by Crippen LogP contribution is 2.22. The molecule has 1 heterocycles. The SMILES string of the molecule is O=C(O)CSCC(=O)Nc1cccc(N2CCOC2=O)c1. The van der Waals surface area contributed by atoms with Gasteiger partial charge in [-0.3, -0.25) is 14.5 Å².